The number of aromatic nitrogens is 1. The van der Waals surface area contributed by atoms with Gasteiger partial charge < -0.3 is 5.32 Å². The molecule has 0 atom stereocenters. The van der Waals surface area contributed by atoms with E-state index in [1.807, 2.05) is 0 Å². The molecule has 0 saturated heterocycles. The number of carbonyl (C=O) groups is 1. The van der Waals surface area contributed by atoms with E-state index in [-0.39, 0.29) is 12.5 Å². The Morgan fingerprint density at radius 2 is 2.36 bits per heavy atom. The van der Waals surface area contributed by atoms with Gasteiger partial charge in [0.1, 0.15) is 0 Å². The van der Waals surface area contributed by atoms with E-state index >= 15 is 0 Å². The summed E-state index contributed by atoms with van der Waals surface area (Å²) in [6.07, 6.45) is 2.91. The highest BCUT2D eigenvalue weighted by molar-refractivity contribution is 6.33. The SMILES string of the molecule is C=C(Cl)CNC(=O)c1ccncc1Cl. The van der Waals surface area contributed by atoms with Crippen LogP contribution in [0.25, 0.3) is 0 Å². The number of carbonyl (C=O) groups excluding carboxylic acids is 1. The summed E-state index contributed by atoms with van der Waals surface area (Å²) in [5.41, 5.74) is 0.375. The van der Waals surface area contributed by atoms with Crippen molar-refractivity contribution in [1.29, 1.82) is 0 Å². The van der Waals surface area contributed by atoms with Crippen molar-refractivity contribution in [2.75, 3.05) is 6.54 Å². The van der Waals surface area contributed by atoms with Crippen molar-refractivity contribution in [1.82, 2.24) is 10.3 Å². The zero-order valence-corrected chi connectivity index (χ0v) is 8.77. The van der Waals surface area contributed by atoms with Gasteiger partial charge in [-0.3, -0.25) is 9.78 Å². The Kier molecular flexibility index (Phi) is 3.92. The molecule has 1 aromatic rings. The van der Waals surface area contributed by atoms with E-state index in [2.05, 4.69) is 16.9 Å². The molecular formula is C9H8Cl2N2O. The third kappa shape index (κ3) is 3.01. The average Bonchev–Trinajstić information content (AvgIpc) is 2.15. The van der Waals surface area contributed by atoms with Crippen molar-refractivity contribution in [2.24, 2.45) is 0 Å². The van der Waals surface area contributed by atoms with E-state index < -0.39 is 0 Å². The summed E-state index contributed by atoms with van der Waals surface area (Å²) in [5, 5.41) is 3.23. The first kappa shape index (κ1) is 11.0. The number of amides is 1. The highest BCUT2D eigenvalue weighted by atomic mass is 35.5. The smallest absolute Gasteiger partial charge is 0.253 e. The van der Waals surface area contributed by atoms with Gasteiger partial charge in [0.05, 0.1) is 17.1 Å². The number of nitrogens with one attached hydrogen (secondary N) is 1. The highest BCUT2D eigenvalue weighted by Crippen LogP contribution is 2.12. The lowest BCUT2D eigenvalue weighted by Crippen LogP contribution is -2.24. The van der Waals surface area contributed by atoms with Gasteiger partial charge in [0, 0.05) is 17.4 Å². The Bertz CT molecular complexity index is 366. The molecule has 1 rings (SSSR count). The van der Waals surface area contributed by atoms with Crippen molar-refractivity contribution < 1.29 is 4.79 Å². The van der Waals surface area contributed by atoms with Crippen molar-refractivity contribution in [3.8, 4) is 0 Å². The van der Waals surface area contributed by atoms with Crippen LogP contribution in [-0.4, -0.2) is 17.4 Å². The summed E-state index contributed by atoms with van der Waals surface area (Å²) in [5.74, 6) is -0.292. The second-order valence-electron chi connectivity index (χ2n) is 2.56. The quantitative estimate of drug-likeness (QED) is 0.866. The lowest BCUT2D eigenvalue weighted by atomic mass is 10.2. The molecule has 0 aliphatic heterocycles. The molecule has 14 heavy (non-hydrogen) atoms. The Morgan fingerprint density at radius 3 is 2.93 bits per heavy atom. The molecule has 0 fully saturated rings. The van der Waals surface area contributed by atoms with E-state index in [1.54, 1.807) is 0 Å². The number of hydrogen-bond donors (Lipinski definition) is 1. The van der Waals surface area contributed by atoms with E-state index in [0.717, 1.165) is 0 Å². The van der Waals surface area contributed by atoms with Gasteiger partial charge in [0.15, 0.2) is 0 Å². The first-order valence-corrected chi connectivity index (χ1v) is 4.58. The summed E-state index contributed by atoms with van der Waals surface area (Å²) in [7, 11) is 0. The van der Waals surface area contributed by atoms with Crippen LogP contribution in [0.5, 0.6) is 0 Å². The molecule has 74 valence electrons. The second kappa shape index (κ2) is 4.98. The number of rotatable bonds is 3. The topological polar surface area (TPSA) is 42.0 Å². The van der Waals surface area contributed by atoms with E-state index in [9.17, 15) is 4.79 Å². The monoisotopic (exact) mass is 230 g/mol. The van der Waals surface area contributed by atoms with Crippen LogP contribution in [0.15, 0.2) is 30.1 Å². The third-order valence-corrected chi connectivity index (χ3v) is 1.89. The van der Waals surface area contributed by atoms with Crippen LogP contribution in [0.1, 0.15) is 10.4 Å². The minimum Gasteiger partial charge on any atom is -0.347 e. The molecule has 0 aliphatic rings. The van der Waals surface area contributed by atoms with Crippen molar-refractivity contribution >= 4 is 29.1 Å². The summed E-state index contributed by atoms with van der Waals surface area (Å²) in [4.78, 5) is 15.2. The van der Waals surface area contributed by atoms with Crippen LogP contribution in [-0.2, 0) is 0 Å². The second-order valence-corrected chi connectivity index (χ2v) is 3.50. The first-order valence-electron chi connectivity index (χ1n) is 3.82. The van der Waals surface area contributed by atoms with Crippen molar-refractivity contribution in [2.45, 2.75) is 0 Å². The largest absolute Gasteiger partial charge is 0.347 e. The number of hydrogen-bond acceptors (Lipinski definition) is 2. The number of pyridine rings is 1. The fraction of sp³-hybridized carbons (Fsp3) is 0.111. The fourth-order valence-corrected chi connectivity index (χ4v) is 1.10. The molecule has 1 N–H and O–H groups in total. The maximum absolute atomic E-state index is 11.4. The van der Waals surface area contributed by atoms with Gasteiger partial charge in [-0.25, -0.2) is 0 Å². The molecule has 1 amide bonds. The highest BCUT2D eigenvalue weighted by Gasteiger charge is 2.08. The molecule has 0 aromatic carbocycles. The van der Waals surface area contributed by atoms with E-state index in [0.29, 0.717) is 15.6 Å². The van der Waals surface area contributed by atoms with E-state index in [4.69, 9.17) is 23.2 Å². The van der Waals surface area contributed by atoms with Gasteiger partial charge >= 0.3 is 0 Å². The molecule has 5 heteroatoms. The summed E-state index contributed by atoms with van der Waals surface area (Å²) < 4.78 is 0. The standard InChI is InChI=1S/C9H8Cl2N2O/c1-6(10)4-13-9(14)7-2-3-12-5-8(7)11/h2-3,5H,1,4H2,(H,13,14). The van der Waals surface area contributed by atoms with Crippen molar-refractivity contribution in [3.05, 3.63) is 40.7 Å². The van der Waals surface area contributed by atoms with Crippen LogP contribution in [0.2, 0.25) is 5.02 Å². The van der Waals surface area contributed by atoms with Gasteiger partial charge in [0.25, 0.3) is 5.91 Å². The first-order chi connectivity index (χ1) is 6.61. The van der Waals surface area contributed by atoms with Crippen molar-refractivity contribution in [3.63, 3.8) is 0 Å². The maximum Gasteiger partial charge on any atom is 0.253 e. The lowest BCUT2D eigenvalue weighted by Gasteiger charge is -2.04. The molecule has 0 unspecified atom stereocenters. The van der Waals surface area contributed by atoms with Crippen LogP contribution in [0, 0.1) is 0 Å². The molecule has 1 aromatic heterocycles. The third-order valence-electron chi connectivity index (χ3n) is 1.46. The molecule has 3 nitrogen and oxygen atoms in total. The van der Waals surface area contributed by atoms with E-state index in [1.165, 1.54) is 18.5 Å². The van der Waals surface area contributed by atoms with Gasteiger partial charge in [0.2, 0.25) is 0 Å². The molecule has 0 radical (unpaired) electrons. The average molecular weight is 231 g/mol. The lowest BCUT2D eigenvalue weighted by molar-refractivity contribution is 0.0957. The summed E-state index contributed by atoms with van der Waals surface area (Å²) in [6, 6.07) is 1.54. The Hall–Kier alpha value is -1.06. The minimum absolute atomic E-state index is 0.221. The van der Waals surface area contributed by atoms with Crippen LogP contribution in [0.4, 0.5) is 0 Å². The molecule has 0 aliphatic carbocycles. The summed E-state index contributed by atoms with van der Waals surface area (Å²) in [6.45, 7) is 3.67. The minimum atomic E-state index is -0.292. The molecular weight excluding hydrogens is 223 g/mol. The van der Waals surface area contributed by atoms with Crippen LogP contribution in [0.3, 0.4) is 0 Å². The van der Waals surface area contributed by atoms with Crippen LogP contribution >= 0.6 is 23.2 Å². The molecule has 1 heterocycles. The molecule has 0 bridgehead atoms. The van der Waals surface area contributed by atoms with Crippen LogP contribution < -0.4 is 5.32 Å². The van der Waals surface area contributed by atoms with Gasteiger partial charge in [-0.2, -0.15) is 0 Å². The van der Waals surface area contributed by atoms with Gasteiger partial charge in [-0.15, -0.1) is 0 Å². The zero-order chi connectivity index (χ0) is 10.6. The predicted molar refractivity (Wildman–Crippen MR) is 56.6 cm³/mol. The molecule has 0 spiro atoms. The Balaban J connectivity index is 2.70. The van der Waals surface area contributed by atoms with Gasteiger partial charge in [-0.05, 0) is 6.07 Å². The number of halogens is 2. The predicted octanol–water partition coefficient (Wildman–Crippen LogP) is 2.22. The Morgan fingerprint density at radius 1 is 1.64 bits per heavy atom. The molecule has 0 saturated carbocycles. The summed E-state index contributed by atoms with van der Waals surface area (Å²) >= 11 is 11.3. The van der Waals surface area contributed by atoms with Gasteiger partial charge in [-0.1, -0.05) is 29.8 Å². The Labute approximate surface area is 91.7 Å². The number of nitrogens with zero attached hydrogens (tertiary/aromatic N) is 1. The fourth-order valence-electron chi connectivity index (χ4n) is 0.831. The maximum atomic E-state index is 11.4. The zero-order valence-electron chi connectivity index (χ0n) is 7.26. The normalized spacial score (nSPS) is 9.57.